The van der Waals surface area contributed by atoms with E-state index in [1.54, 1.807) is 0 Å². The van der Waals surface area contributed by atoms with E-state index in [-0.39, 0.29) is 0 Å². The molecule has 13 nitrogen and oxygen atoms in total. The Morgan fingerprint density at radius 1 is 0.537 bits per heavy atom. The molecule has 0 saturated heterocycles. The molecule has 0 aliphatic carbocycles. The number of hydrogen-bond acceptors (Lipinski definition) is 12. The molecule has 354 valence electrons. The predicted octanol–water partition coefficient (Wildman–Crippen LogP) is 10.8. The van der Waals surface area contributed by atoms with Gasteiger partial charge in [0, 0.05) is 46.6 Å². The minimum absolute atomic E-state index is 0.350. The summed E-state index contributed by atoms with van der Waals surface area (Å²) in [6.07, 6.45) is 7.82. The van der Waals surface area contributed by atoms with Crippen LogP contribution in [0.1, 0.15) is 52.9 Å². The van der Waals surface area contributed by atoms with E-state index in [2.05, 4.69) is 41.7 Å². The molecule has 9 rings (SSSR count). The Bertz CT molecular complexity index is 2490. The van der Waals surface area contributed by atoms with Gasteiger partial charge in [-0.05, 0) is 114 Å². The highest BCUT2D eigenvalue weighted by molar-refractivity contribution is 6.04. The van der Waals surface area contributed by atoms with Crippen LogP contribution in [0.3, 0.4) is 0 Å². The monoisotopic (exact) mass is 913 g/mol. The summed E-state index contributed by atoms with van der Waals surface area (Å²) in [5.74, 6) is 3.50. The van der Waals surface area contributed by atoms with Crippen LogP contribution in [0.4, 0.5) is 4.79 Å². The number of carbonyl (C=O) groups excluding carboxylic acids is 1. The van der Waals surface area contributed by atoms with Crippen molar-refractivity contribution in [3.8, 4) is 51.3 Å². The summed E-state index contributed by atoms with van der Waals surface area (Å²) in [6, 6.07) is 34.1. The van der Waals surface area contributed by atoms with Crippen molar-refractivity contribution in [2.75, 3.05) is 79.2 Å². The molecule has 0 atom stereocenters. The molecular formula is C54H63N3O10. The first kappa shape index (κ1) is 48.5. The third-order valence-corrected chi connectivity index (χ3v) is 10.4. The van der Waals surface area contributed by atoms with Crippen LogP contribution in [0.5, 0.6) is 28.7 Å². The molecule has 1 N–H and O–H groups in total. The van der Waals surface area contributed by atoms with Gasteiger partial charge in [0.05, 0.1) is 81.9 Å². The fourth-order valence-corrected chi connectivity index (χ4v) is 7.13. The van der Waals surface area contributed by atoms with Gasteiger partial charge in [-0.25, -0.2) is 14.8 Å². The molecule has 5 heterocycles. The summed E-state index contributed by atoms with van der Waals surface area (Å²) < 4.78 is 52.8. The number of pyridine rings is 2. The number of rotatable bonds is 7. The normalized spacial score (nSPS) is 15.4. The Labute approximate surface area is 393 Å². The lowest BCUT2D eigenvalue weighted by molar-refractivity contribution is 0.00497. The molecule has 10 bridgehead atoms. The van der Waals surface area contributed by atoms with E-state index in [0.717, 1.165) is 87.9 Å². The minimum Gasteiger partial charge on any atom is -0.493 e. The van der Waals surface area contributed by atoms with Crippen LogP contribution in [0.2, 0.25) is 0 Å². The van der Waals surface area contributed by atoms with Gasteiger partial charge >= 0.3 is 6.09 Å². The van der Waals surface area contributed by atoms with E-state index in [4.69, 9.17) is 52.6 Å². The molecule has 1 amide bonds. The Balaban J connectivity index is 0.944. The second-order valence-electron chi connectivity index (χ2n) is 16.9. The summed E-state index contributed by atoms with van der Waals surface area (Å²) in [7, 11) is 0. The lowest BCUT2D eigenvalue weighted by Gasteiger charge is -2.19. The third-order valence-electron chi connectivity index (χ3n) is 10.4. The molecule has 3 aliphatic heterocycles. The molecule has 0 unspecified atom stereocenters. The number of nitrogens with zero attached hydrogens (tertiary/aromatic N) is 2. The smallest absolute Gasteiger partial charge is 0.407 e. The van der Waals surface area contributed by atoms with Crippen LogP contribution in [-0.4, -0.2) is 101 Å². The Morgan fingerprint density at radius 3 is 1.52 bits per heavy atom. The topological polar surface area (TPSA) is 138 Å². The summed E-state index contributed by atoms with van der Waals surface area (Å²) in [5.41, 5.74) is 4.91. The van der Waals surface area contributed by atoms with Crippen molar-refractivity contribution in [1.82, 2.24) is 15.3 Å². The minimum atomic E-state index is -0.520. The van der Waals surface area contributed by atoms with E-state index in [0.29, 0.717) is 96.5 Å². The number of ether oxygens (including phenoxy) is 9. The Morgan fingerprint density at radius 2 is 1.00 bits per heavy atom. The largest absolute Gasteiger partial charge is 0.493 e. The van der Waals surface area contributed by atoms with Gasteiger partial charge in [-0.1, -0.05) is 36.4 Å². The first-order valence-corrected chi connectivity index (χ1v) is 23.3. The fourth-order valence-electron chi connectivity index (χ4n) is 7.13. The summed E-state index contributed by atoms with van der Waals surface area (Å²) in [4.78, 5) is 22.1. The van der Waals surface area contributed by atoms with Crippen LogP contribution in [-0.2, 0) is 18.9 Å². The van der Waals surface area contributed by atoms with Crippen molar-refractivity contribution in [3.63, 3.8) is 0 Å². The number of nitrogens with one attached hydrogen (secondary N) is 1. The van der Waals surface area contributed by atoms with E-state index in [1.165, 1.54) is 0 Å². The van der Waals surface area contributed by atoms with E-state index >= 15 is 0 Å². The number of fused-ring (bicyclic) bond motifs is 2. The zero-order valence-corrected chi connectivity index (χ0v) is 39.0. The first-order valence-electron chi connectivity index (χ1n) is 23.3. The first-order chi connectivity index (χ1) is 32.8. The van der Waals surface area contributed by atoms with Gasteiger partial charge in [-0.15, -0.1) is 0 Å². The lowest BCUT2D eigenvalue weighted by Crippen LogP contribution is -2.33. The SMILES string of the molecule is CC(C)(C)OC(=O)NCCCCCOc1cc2cc(c1)OCCOCCOCCOCCOc1ccc(cc1)-c1ccc3ccc4ccc(nc4c3n1)-c1ccc(cc1)OCC/C=C/CCO2. The standard InChI is InChI=1S/C54H63N3O10/c1-54(2,3)67-53(58)55-25-7-6-10-28-64-47-37-46-38-48(39-47)66-36-34-61-32-30-59-29-31-60-33-35-65-45-21-15-41(16-22-45)50-24-18-43-12-11-42-17-23-49(56-51(42)52(43)57-50)40-13-19-44(20-14-40)62-26-8-4-5-9-27-63-46/h4-5,11-24,37-39H,6-10,25-36H2,1-3H3,(H,55,58)/b5-4+. The number of alkyl carbamates (subject to hydrolysis) is 1. The van der Waals surface area contributed by atoms with Crippen LogP contribution in [0.25, 0.3) is 44.3 Å². The molecule has 3 aliphatic rings. The van der Waals surface area contributed by atoms with Gasteiger partial charge in [0.2, 0.25) is 0 Å². The van der Waals surface area contributed by atoms with Crippen molar-refractivity contribution in [2.45, 2.75) is 58.5 Å². The number of carbonyl (C=O) groups is 1. The number of benzene rings is 4. The van der Waals surface area contributed by atoms with Gasteiger partial charge in [-0.2, -0.15) is 0 Å². The van der Waals surface area contributed by atoms with Crippen LogP contribution in [0.15, 0.2) is 115 Å². The average molecular weight is 914 g/mol. The van der Waals surface area contributed by atoms with E-state index in [9.17, 15) is 4.79 Å². The van der Waals surface area contributed by atoms with Crippen LogP contribution < -0.4 is 29.0 Å². The van der Waals surface area contributed by atoms with Gasteiger partial charge in [0.25, 0.3) is 0 Å². The van der Waals surface area contributed by atoms with E-state index in [1.807, 2.05) is 99.6 Å². The molecular weight excluding hydrogens is 851 g/mol. The molecule has 0 radical (unpaired) electrons. The van der Waals surface area contributed by atoms with Crippen molar-refractivity contribution in [1.29, 1.82) is 0 Å². The molecule has 13 heteroatoms. The van der Waals surface area contributed by atoms with Crippen LogP contribution >= 0.6 is 0 Å². The molecule has 0 fully saturated rings. The number of hydrogen-bond donors (Lipinski definition) is 1. The number of aromatic nitrogens is 2. The highest BCUT2D eigenvalue weighted by atomic mass is 16.6. The van der Waals surface area contributed by atoms with Crippen molar-refractivity contribution >= 4 is 27.9 Å². The molecule has 0 saturated carbocycles. The molecule has 4 aromatic carbocycles. The zero-order valence-electron chi connectivity index (χ0n) is 39.0. The quantitative estimate of drug-likeness (QED) is 0.0927. The van der Waals surface area contributed by atoms with Gasteiger partial charge in [0.1, 0.15) is 47.6 Å². The highest BCUT2D eigenvalue weighted by Gasteiger charge is 2.16. The second-order valence-corrected chi connectivity index (χ2v) is 16.9. The van der Waals surface area contributed by atoms with Gasteiger partial charge in [-0.3, -0.25) is 0 Å². The van der Waals surface area contributed by atoms with Crippen molar-refractivity contribution in [2.24, 2.45) is 0 Å². The molecule has 6 aromatic rings. The lowest BCUT2D eigenvalue weighted by atomic mass is 10.1. The van der Waals surface area contributed by atoms with Gasteiger partial charge in [0.15, 0.2) is 0 Å². The molecule has 2 aromatic heterocycles. The predicted molar refractivity (Wildman–Crippen MR) is 261 cm³/mol. The second kappa shape index (κ2) is 25.5. The zero-order chi connectivity index (χ0) is 46.5. The Hall–Kier alpha value is -6.41. The molecule has 0 spiro atoms. The summed E-state index contributed by atoms with van der Waals surface area (Å²) in [6.45, 7) is 11.0. The fraction of sp³-hybridized carbons (Fsp3) is 0.389. The Kier molecular flexibility index (Phi) is 18.5. The maximum Gasteiger partial charge on any atom is 0.407 e. The summed E-state index contributed by atoms with van der Waals surface area (Å²) >= 11 is 0. The highest BCUT2D eigenvalue weighted by Crippen LogP contribution is 2.31. The van der Waals surface area contributed by atoms with Gasteiger partial charge < -0.3 is 47.9 Å². The third kappa shape index (κ3) is 16.2. The maximum atomic E-state index is 11.9. The molecule has 67 heavy (non-hydrogen) atoms. The summed E-state index contributed by atoms with van der Waals surface area (Å²) in [5, 5.41) is 4.86. The van der Waals surface area contributed by atoms with Crippen molar-refractivity contribution in [3.05, 3.63) is 115 Å². The van der Waals surface area contributed by atoms with E-state index < -0.39 is 11.7 Å². The van der Waals surface area contributed by atoms with Crippen molar-refractivity contribution < 1.29 is 47.4 Å². The van der Waals surface area contributed by atoms with Crippen LogP contribution in [0, 0.1) is 0 Å². The maximum absolute atomic E-state index is 11.9. The number of amides is 1. The average Bonchev–Trinajstić information content (AvgIpc) is 3.32. The number of unbranched alkanes of at least 4 members (excludes halogenated alkanes) is 2.